The Bertz CT molecular complexity index is 517. The van der Waals surface area contributed by atoms with Crippen LogP contribution in [0, 0.1) is 0 Å². The molecule has 0 aliphatic heterocycles. The number of benzene rings is 1. The predicted octanol–water partition coefficient (Wildman–Crippen LogP) is 3.24. The van der Waals surface area contributed by atoms with E-state index in [2.05, 4.69) is 0 Å². The maximum Gasteiger partial charge on any atom is 0.357 e. The minimum atomic E-state index is -0.515. The summed E-state index contributed by atoms with van der Waals surface area (Å²) in [5.74, 6) is -0.0467. The average molecular weight is 248 g/mol. The molecule has 1 heterocycles. The third-order valence-electron chi connectivity index (χ3n) is 2.25. The van der Waals surface area contributed by atoms with Gasteiger partial charge in [0.1, 0.15) is 11.5 Å². The van der Waals surface area contributed by atoms with Crippen molar-refractivity contribution in [1.82, 2.24) is 0 Å². The van der Waals surface area contributed by atoms with Crippen LogP contribution in [0.15, 0.2) is 36.4 Å². The Morgan fingerprint density at radius 1 is 1.35 bits per heavy atom. The molecule has 0 unspecified atom stereocenters. The van der Waals surface area contributed by atoms with Crippen molar-refractivity contribution in [1.29, 1.82) is 0 Å². The molecule has 1 N–H and O–H groups in total. The summed E-state index contributed by atoms with van der Waals surface area (Å²) in [7, 11) is 0. The van der Waals surface area contributed by atoms with Gasteiger partial charge < -0.3 is 9.84 Å². The van der Waals surface area contributed by atoms with Crippen molar-refractivity contribution in [3.8, 4) is 11.5 Å². The van der Waals surface area contributed by atoms with Gasteiger partial charge in [0.25, 0.3) is 0 Å². The van der Waals surface area contributed by atoms with E-state index in [1.165, 1.54) is 11.3 Å². The van der Waals surface area contributed by atoms with Gasteiger partial charge in [-0.15, -0.1) is 11.3 Å². The highest BCUT2D eigenvalue weighted by molar-refractivity contribution is 7.14. The molecule has 0 aliphatic rings. The molecule has 0 saturated heterocycles. The molecule has 0 bridgehead atoms. The van der Waals surface area contributed by atoms with E-state index < -0.39 is 5.97 Å². The van der Waals surface area contributed by atoms with Gasteiger partial charge in [-0.3, -0.25) is 0 Å². The summed E-state index contributed by atoms with van der Waals surface area (Å²) in [6, 6.07) is 10.4. The molecule has 2 aromatic rings. The van der Waals surface area contributed by atoms with E-state index in [0.717, 1.165) is 11.3 Å². The van der Waals surface area contributed by atoms with Gasteiger partial charge in [-0.25, -0.2) is 4.79 Å². The first-order chi connectivity index (χ1) is 8.20. The molecule has 1 aromatic carbocycles. The molecular formula is C13H12O3S. The van der Waals surface area contributed by atoms with Crippen molar-refractivity contribution in [2.75, 3.05) is 0 Å². The summed E-state index contributed by atoms with van der Waals surface area (Å²) in [5, 5.41) is 9.62. The summed E-state index contributed by atoms with van der Waals surface area (Å²) in [6.45, 7) is 1.97. The average Bonchev–Trinajstić information content (AvgIpc) is 2.72. The molecule has 0 radical (unpaired) electrons. The fourth-order valence-electron chi connectivity index (χ4n) is 1.39. The number of para-hydroxylation sites is 1. The lowest BCUT2D eigenvalue weighted by Crippen LogP contribution is -2.06. The minimum Gasteiger partial charge on any atom is -0.506 e. The maximum atomic E-state index is 11.8. The third-order valence-corrected chi connectivity index (χ3v) is 3.50. The molecule has 0 fully saturated rings. The number of aryl methyl sites for hydroxylation is 1. The number of thiophene rings is 1. The smallest absolute Gasteiger partial charge is 0.357 e. The van der Waals surface area contributed by atoms with Gasteiger partial charge in [-0.2, -0.15) is 0 Å². The molecule has 0 saturated carbocycles. The Balaban J connectivity index is 2.17. The van der Waals surface area contributed by atoms with Crippen LogP contribution in [-0.2, 0) is 6.42 Å². The molecule has 1 aromatic heterocycles. The Kier molecular flexibility index (Phi) is 3.44. The number of hydrogen-bond donors (Lipinski definition) is 1. The van der Waals surface area contributed by atoms with Crippen LogP contribution in [0.25, 0.3) is 0 Å². The maximum absolute atomic E-state index is 11.8. The van der Waals surface area contributed by atoms with Crippen LogP contribution in [0.4, 0.5) is 0 Å². The van der Waals surface area contributed by atoms with Crippen molar-refractivity contribution in [3.05, 3.63) is 46.2 Å². The van der Waals surface area contributed by atoms with Gasteiger partial charge in [0.2, 0.25) is 0 Å². The molecule has 0 amide bonds. The highest BCUT2D eigenvalue weighted by Crippen LogP contribution is 2.29. The highest BCUT2D eigenvalue weighted by atomic mass is 32.1. The number of carbonyl (C=O) groups is 1. The quantitative estimate of drug-likeness (QED) is 0.670. The van der Waals surface area contributed by atoms with Crippen molar-refractivity contribution < 1.29 is 14.6 Å². The number of rotatable bonds is 3. The van der Waals surface area contributed by atoms with Crippen LogP contribution in [0.3, 0.4) is 0 Å². The molecular weight excluding hydrogens is 236 g/mol. The SMILES string of the molecule is CCc1cc(O)c(C(=O)Oc2ccccc2)s1. The van der Waals surface area contributed by atoms with Gasteiger partial charge in [0.05, 0.1) is 0 Å². The second kappa shape index (κ2) is 5.01. The van der Waals surface area contributed by atoms with Crippen molar-refractivity contribution in [2.45, 2.75) is 13.3 Å². The molecule has 88 valence electrons. The molecule has 0 spiro atoms. The van der Waals surface area contributed by atoms with E-state index in [0.29, 0.717) is 5.75 Å². The zero-order chi connectivity index (χ0) is 12.3. The largest absolute Gasteiger partial charge is 0.506 e. The molecule has 0 aliphatic carbocycles. The zero-order valence-corrected chi connectivity index (χ0v) is 10.2. The Morgan fingerprint density at radius 2 is 2.06 bits per heavy atom. The highest BCUT2D eigenvalue weighted by Gasteiger charge is 2.17. The van der Waals surface area contributed by atoms with E-state index in [1.54, 1.807) is 30.3 Å². The summed E-state index contributed by atoms with van der Waals surface area (Å²) < 4.78 is 5.15. The zero-order valence-electron chi connectivity index (χ0n) is 9.34. The van der Waals surface area contributed by atoms with Crippen LogP contribution >= 0.6 is 11.3 Å². The first kappa shape index (κ1) is 11.7. The summed E-state index contributed by atoms with van der Waals surface area (Å²) in [4.78, 5) is 13.0. The van der Waals surface area contributed by atoms with E-state index in [9.17, 15) is 9.90 Å². The standard InChI is InChI=1S/C13H12O3S/c1-2-10-8-11(14)12(17-10)13(15)16-9-6-4-3-5-7-9/h3-8,14H,2H2,1H3. The first-order valence-electron chi connectivity index (χ1n) is 5.29. The topological polar surface area (TPSA) is 46.5 Å². The molecule has 17 heavy (non-hydrogen) atoms. The number of carbonyl (C=O) groups excluding carboxylic acids is 1. The molecule has 4 heteroatoms. The molecule has 3 nitrogen and oxygen atoms in total. The Labute approximate surface area is 103 Å². The number of esters is 1. The lowest BCUT2D eigenvalue weighted by Gasteiger charge is -2.01. The summed E-state index contributed by atoms with van der Waals surface area (Å²) >= 11 is 1.26. The van der Waals surface area contributed by atoms with E-state index in [4.69, 9.17) is 4.74 Å². The lowest BCUT2D eigenvalue weighted by molar-refractivity contribution is 0.0737. The van der Waals surface area contributed by atoms with Crippen molar-refractivity contribution >= 4 is 17.3 Å². The van der Waals surface area contributed by atoms with Gasteiger partial charge in [0.15, 0.2) is 4.88 Å². The first-order valence-corrected chi connectivity index (χ1v) is 6.11. The summed E-state index contributed by atoms with van der Waals surface area (Å²) in [5.41, 5.74) is 0. The number of aromatic hydroxyl groups is 1. The Hall–Kier alpha value is -1.81. The van der Waals surface area contributed by atoms with Crippen LogP contribution < -0.4 is 4.74 Å². The second-order valence-electron chi connectivity index (χ2n) is 3.48. The fourth-order valence-corrected chi connectivity index (χ4v) is 2.26. The fraction of sp³-hybridized carbons (Fsp3) is 0.154. The van der Waals surface area contributed by atoms with Crippen LogP contribution in [0.5, 0.6) is 11.5 Å². The summed E-state index contributed by atoms with van der Waals surface area (Å²) in [6.07, 6.45) is 0.789. The second-order valence-corrected chi connectivity index (χ2v) is 4.62. The van der Waals surface area contributed by atoms with Gasteiger partial charge in [-0.1, -0.05) is 25.1 Å². The van der Waals surface area contributed by atoms with Crippen LogP contribution in [0.1, 0.15) is 21.5 Å². The van der Waals surface area contributed by atoms with E-state index in [-0.39, 0.29) is 10.6 Å². The van der Waals surface area contributed by atoms with Crippen LogP contribution in [-0.4, -0.2) is 11.1 Å². The number of ether oxygens (including phenoxy) is 1. The van der Waals surface area contributed by atoms with E-state index in [1.807, 2.05) is 13.0 Å². The minimum absolute atomic E-state index is 0.00668. The predicted molar refractivity (Wildman–Crippen MR) is 66.8 cm³/mol. The third kappa shape index (κ3) is 2.65. The van der Waals surface area contributed by atoms with Gasteiger partial charge >= 0.3 is 5.97 Å². The van der Waals surface area contributed by atoms with Gasteiger partial charge in [0, 0.05) is 4.88 Å². The van der Waals surface area contributed by atoms with Crippen LogP contribution in [0.2, 0.25) is 0 Å². The lowest BCUT2D eigenvalue weighted by atomic mass is 10.3. The molecule has 2 rings (SSSR count). The Morgan fingerprint density at radius 3 is 2.65 bits per heavy atom. The van der Waals surface area contributed by atoms with Crippen molar-refractivity contribution in [3.63, 3.8) is 0 Å². The van der Waals surface area contributed by atoms with Crippen molar-refractivity contribution in [2.24, 2.45) is 0 Å². The monoisotopic (exact) mass is 248 g/mol. The number of hydrogen-bond acceptors (Lipinski definition) is 4. The normalized spacial score (nSPS) is 10.2. The van der Waals surface area contributed by atoms with E-state index >= 15 is 0 Å². The van der Waals surface area contributed by atoms with Gasteiger partial charge in [-0.05, 0) is 24.6 Å². The molecule has 0 atom stereocenters.